The minimum absolute atomic E-state index is 0.0503. The monoisotopic (exact) mass is 291 g/mol. The molecule has 0 aliphatic heterocycles. The van der Waals surface area contributed by atoms with Crippen molar-refractivity contribution in [1.29, 1.82) is 0 Å². The normalized spacial score (nSPS) is 10.2. The van der Waals surface area contributed by atoms with Gasteiger partial charge in [0.15, 0.2) is 11.6 Å². The van der Waals surface area contributed by atoms with Crippen LogP contribution in [0.2, 0.25) is 0 Å². The van der Waals surface area contributed by atoms with E-state index in [4.69, 9.17) is 4.74 Å². The molecule has 0 radical (unpaired) electrons. The molecule has 0 spiro atoms. The molecule has 0 aromatic heterocycles. The van der Waals surface area contributed by atoms with E-state index >= 15 is 0 Å². The van der Waals surface area contributed by atoms with Gasteiger partial charge in [0, 0.05) is 6.54 Å². The predicted octanol–water partition coefficient (Wildman–Crippen LogP) is 2.83. The second-order valence-electron chi connectivity index (χ2n) is 4.51. The number of rotatable bonds is 5. The summed E-state index contributed by atoms with van der Waals surface area (Å²) in [7, 11) is 1.38. The summed E-state index contributed by atoms with van der Waals surface area (Å²) < 4.78 is 31.7. The van der Waals surface area contributed by atoms with Crippen LogP contribution in [0.4, 0.5) is 8.78 Å². The summed E-state index contributed by atoms with van der Waals surface area (Å²) in [5, 5.41) is 2.63. The molecule has 2 aromatic rings. The lowest BCUT2D eigenvalue weighted by Gasteiger charge is -2.08. The lowest BCUT2D eigenvalue weighted by atomic mass is 10.1. The van der Waals surface area contributed by atoms with Crippen molar-refractivity contribution in [3.8, 4) is 5.75 Å². The second kappa shape index (κ2) is 6.83. The zero-order valence-electron chi connectivity index (χ0n) is 11.5. The van der Waals surface area contributed by atoms with Gasteiger partial charge in [0.2, 0.25) is 5.91 Å². The largest absolute Gasteiger partial charge is 0.494 e. The lowest BCUT2D eigenvalue weighted by Crippen LogP contribution is -2.25. The van der Waals surface area contributed by atoms with Gasteiger partial charge in [0.05, 0.1) is 13.5 Å². The number of halogens is 2. The van der Waals surface area contributed by atoms with Gasteiger partial charge in [0.1, 0.15) is 5.82 Å². The van der Waals surface area contributed by atoms with Crippen LogP contribution in [0.5, 0.6) is 5.75 Å². The van der Waals surface area contributed by atoms with Crippen molar-refractivity contribution < 1.29 is 18.3 Å². The Labute approximate surface area is 121 Å². The maximum Gasteiger partial charge on any atom is 0.224 e. The Morgan fingerprint density at radius 3 is 2.57 bits per heavy atom. The van der Waals surface area contributed by atoms with Crippen molar-refractivity contribution >= 4 is 5.91 Å². The van der Waals surface area contributed by atoms with Gasteiger partial charge in [-0.2, -0.15) is 0 Å². The number of carbonyl (C=O) groups excluding carboxylic acids is 1. The Kier molecular flexibility index (Phi) is 4.87. The average molecular weight is 291 g/mol. The third-order valence-corrected chi connectivity index (χ3v) is 3.01. The summed E-state index contributed by atoms with van der Waals surface area (Å²) >= 11 is 0. The van der Waals surface area contributed by atoms with E-state index in [1.807, 2.05) is 0 Å². The lowest BCUT2D eigenvalue weighted by molar-refractivity contribution is -0.120. The smallest absolute Gasteiger partial charge is 0.224 e. The number of carbonyl (C=O) groups is 1. The van der Waals surface area contributed by atoms with Gasteiger partial charge >= 0.3 is 0 Å². The van der Waals surface area contributed by atoms with Crippen LogP contribution in [0.3, 0.4) is 0 Å². The zero-order chi connectivity index (χ0) is 15.2. The van der Waals surface area contributed by atoms with Crippen LogP contribution in [-0.2, 0) is 17.8 Å². The van der Waals surface area contributed by atoms with Crippen LogP contribution in [0.15, 0.2) is 42.5 Å². The standard InChI is InChI=1S/C16H15F2NO2/c1-21-15-7-6-11(8-14(15)18)10-19-16(20)9-12-4-2-3-5-13(12)17/h2-8H,9-10H2,1H3,(H,19,20). The number of hydrogen-bond donors (Lipinski definition) is 1. The summed E-state index contributed by atoms with van der Waals surface area (Å²) in [6.07, 6.45) is -0.0503. The van der Waals surface area contributed by atoms with Crippen molar-refractivity contribution in [2.75, 3.05) is 7.11 Å². The van der Waals surface area contributed by atoms with Gasteiger partial charge < -0.3 is 10.1 Å². The summed E-state index contributed by atoms with van der Waals surface area (Å²) in [6.45, 7) is 0.175. The molecule has 0 atom stereocenters. The van der Waals surface area contributed by atoms with E-state index in [9.17, 15) is 13.6 Å². The van der Waals surface area contributed by atoms with E-state index in [1.54, 1.807) is 24.3 Å². The third-order valence-electron chi connectivity index (χ3n) is 3.01. The molecule has 1 amide bonds. The molecular weight excluding hydrogens is 276 g/mol. The minimum Gasteiger partial charge on any atom is -0.494 e. The number of benzene rings is 2. The summed E-state index contributed by atoms with van der Waals surface area (Å²) in [5.41, 5.74) is 0.936. The summed E-state index contributed by atoms with van der Waals surface area (Å²) in [5.74, 6) is -1.07. The molecule has 1 N–H and O–H groups in total. The predicted molar refractivity (Wildman–Crippen MR) is 74.9 cm³/mol. The first-order valence-electron chi connectivity index (χ1n) is 6.42. The van der Waals surface area contributed by atoms with E-state index in [2.05, 4.69) is 5.32 Å². The SMILES string of the molecule is COc1ccc(CNC(=O)Cc2ccccc2F)cc1F. The second-order valence-corrected chi connectivity index (χ2v) is 4.51. The first-order valence-corrected chi connectivity index (χ1v) is 6.42. The van der Waals surface area contributed by atoms with Crippen molar-refractivity contribution in [3.05, 3.63) is 65.2 Å². The van der Waals surface area contributed by atoms with Crippen molar-refractivity contribution in [2.45, 2.75) is 13.0 Å². The van der Waals surface area contributed by atoms with Crippen LogP contribution in [0.25, 0.3) is 0 Å². The molecular formula is C16H15F2NO2. The van der Waals surface area contributed by atoms with Crippen molar-refractivity contribution in [3.63, 3.8) is 0 Å². The molecule has 21 heavy (non-hydrogen) atoms. The Bertz CT molecular complexity index is 644. The van der Waals surface area contributed by atoms with E-state index in [-0.39, 0.29) is 24.6 Å². The number of methoxy groups -OCH3 is 1. The number of ether oxygens (including phenoxy) is 1. The quantitative estimate of drug-likeness (QED) is 0.920. The highest BCUT2D eigenvalue weighted by molar-refractivity contribution is 5.78. The molecule has 2 aromatic carbocycles. The van der Waals surface area contributed by atoms with Gasteiger partial charge in [-0.05, 0) is 29.3 Å². The maximum absolute atomic E-state index is 13.5. The van der Waals surface area contributed by atoms with E-state index in [0.29, 0.717) is 11.1 Å². The molecule has 0 unspecified atom stereocenters. The highest BCUT2D eigenvalue weighted by atomic mass is 19.1. The highest BCUT2D eigenvalue weighted by Crippen LogP contribution is 2.17. The van der Waals surface area contributed by atoms with Gasteiger partial charge in [-0.15, -0.1) is 0 Å². The van der Waals surface area contributed by atoms with Gasteiger partial charge in [0.25, 0.3) is 0 Å². The molecule has 110 valence electrons. The van der Waals surface area contributed by atoms with Crippen molar-refractivity contribution in [2.24, 2.45) is 0 Å². The first-order chi connectivity index (χ1) is 10.1. The van der Waals surface area contributed by atoms with Gasteiger partial charge in [-0.1, -0.05) is 24.3 Å². The fourth-order valence-corrected chi connectivity index (χ4v) is 1.90. The first kappa shape index (κ1) is 15.0. The Balaban J connectivity index is 1.92. The van der Waals surface area contributed by atoms with Crippen LogP contribution in [0, 0.1) is 11.6 Å². The summed E-state index contributed by atoms with van der Waals surface area (Å²) in [4.78, 5) is 11.7. The molecule has 5 heteroatoms. The topological polar surface area (TPSA) is 38.3 Å². The van der Waals surface area contributed by atoms with E-state index in [0.717, 1.165) is 0 Å². The fourth-order valence-electron chi connectivity index (χ4n) is 1.90. The average Bonchev–Trinajstić information content (AvgIpc) is 2.48. The third kappa shape index (κ3) is 4.02. The molecule has 2 rings (SSSR count). The van der Waals surface area contributed by atoms with Crippen LogP contribution < -0.4 is 10.1 Å². The number of nitrogens with one attached hydrogen (secondary N) is 1. The molecule has 3 nitrogen and oxygen atoms in total. The molecule has 0 aliphatic rings. The zero-order valence-corrected chi connectivity index (χ0v) is 11.5. The van der Waals surface area contributed by atoms with Crippen LogP contribution in [0.1, 0.15) is 11.1 Å². The Morgan fingerprint density at radius 2 is 1.90 bits per heavy atom. The van der Waals surface area contributed by atoms with E-state index < -0.39 is 11.6 Å². The van der Waals surface area contributed by atoms with Crippen molar-refractivity contribution in [1.82, 2.24) is 5.32 Å². The fraction of sp³-hybridized carbons (Fsp3) is 0.188. The number of amides is 1. The molecule has 0 bridgehead atoms. The Hall–Kier alpha value is -2.43. The number of hydrogen-bond acceptors (Lipinski definition) is 2. The molecule has 0 aliphatic carbocycles. The van der Waals surface area contributed by atoms with Gasteiger partial charge in [-0.25, -0.2) is 8.78 Å². The van der Waals surface area contributed by atoms with E-state index in [1.165, 1.54) is 25.3 Å². The highest BCUT2D eigenvalue weighted by Gasteiger charge is 2.08. The molecule has 0 heterocycles. The van der Waals surface area contributed by atoms with Crippen LogP contribution >= 0.6 is 0 Å². The van der Waals surface area contributed by atoms with Gasteiger partial charge in [-0.3, -0.25) is 4.79 Å². The molecule has 0 saturated carbocycles. The molecule has 0 saturated heterocycles. The summed E-state index contributed by atoms with van der Waals surface area (Å²) in [6, 6.07) is 10.5. The van der Waals surface area contributed by atoms with Crippen LogP contribution in [-0.4, -0.2) is 13.0 Å². The molecule has 0 fully saturated rings. The maximum atomic E-state index is 13.5. The minimum atomic E-state index is -0.488. The Morgan fingerprint density at radius 1 is 1.14 bits per heavy atom.